The van der Waals surface area contributed by atoms with E-state index >= 15 is 0 Å². The predicted octanol–water partition coefficient (Wildman–Crippen LogP) is 1.90. The highest BCUT2D eigenvalue weighted by Gasteiger charge is 2.05. The van der Waals surface area contributed by atoms with Gasteiger partial charge in [0.15, 0.2) is 0 Å². The summed E-state index contributed by atoms with van der Waals surface area (Å²) in [6.07, 6.45) is 0. The van der Waals surface area contributed by atoms with E-state index in [0.29, 0.717) is 12.5 Å². The monoisotopic (exact) mass is 198 g/mol. The second-order valence-corrected chi connectivity index (χ2v) is 4.17. The fraction of sp³-hybridized carbons (Fsp3) is 0.556. The van der Waals surface area contributed by atoms with E-state index in [1.165, 1.54) is 6.92 Å². The Bertz CT molecular complexity index is 294. The van der Waals surface area contributed by atoms with Crippen molar-refractivity contribution in [2.45, 2.75) is 33.2 Å². The Balaban J connectivity index is 2.54. The SMILES string of the molecule is CC(=O)NCc1nc(C(C)C)cs1. The summed E-state index contributed by atoms with van der Waals surface area (Å²) < 4.78 is 0. The maximum atomic E-state index is 10.6. The number of nitrogens with one attached hydrogen (secondary N) is 1. The Hall–Kier alpha value is -0.900. The highest BCUT2D eigenvalue weighted by Crippen LogP contribution is 2.17. The minimum atomic E-state index is -0.0127. The Morgan fingerprint density at radius 1 is 1.69 bits per heavy atom. The summed E-state index contributed by atoms with van der Waals surface area (Å²) in [6.45, 7) is 6.28. The van der Waals surface area contributed by atoms with Gasteiger partial charge in [-0.2, -0.15) is 0 Å². The van der Waals surface area contributed by atoms with Crippen molar-refractivity contribution in [3.8, 4) is 0 Å². The standard InChI is InChI=1S/C9H14N2OS/c1-6(2)8-5-13-9(11-8)4-10-7(3)12/h5-6H,4H2,1-3H3,(H,10,12). The molecule has 0 saturated carbocycles. The topological polar surface area (TPSA) is 42.0 Å². The Kier molecular flexibility index (Phi) is 3.42. The zero-order chi connectivity index (χ0) is 9.84. The van der Waals surface area contributed by atoms with Gasteiger partial charge in [0, 0.05) is 12.3 Å². The molecule has 0 bridgehead atoms. The highest BCUT2D eigenvalue weighted by molar-refractivity contribution is 7.09. The van der Waals surface area contributed by atoms with Crippen LogP contribution in [0.1, 0.15) is 37.4 Å². The van der Waals surface area contributed by atoms with Crippen LogP contribution in [0.25, 0.3) is 0 Å². The van der Waals surface area contributed by atoms with E-state index in [1.54, 1.807) is 11.3 Å². The first-order valence-electron chi connectivity index (χ1n) is 4.28. The van der Waals surface area contributed by atoms with Crippen LogP contribution in [0.4, 0.5) is 0 Å². The first-order valence-corrected chi connectivity index (χ1v) is 5.16. The molecule has 0 atom stereocenters. The van der Waals surface area contributed by atoms with Crippen LogP contribution < -0.4 is 5.32 Å². The van der Waals surface area contributed by atoms with Gasteiger partial charge in [-0.15, -0.1) is 11.3 Å². The number of nitrogens with zero attached hydrogens (tertiary/aromatic N) is 1. The fourth-order valence-electron chi connectivity index (χ4n) is 0.872. The van der Waals surface area contributed by atoms with E-state index in [2.05, 4.69) is 24.1 Å². The van der Waals surface area contributed by atoms with Gasteiger partial charge in [0.05, 0.1) is 12.2 Å². The third kappa shape index (κ3) is 3.14. The molecule has 0 fully saturated rings. The van der Waals surface area contributed by atoms with Crippen molar-refractivity contribution < 1.29 is 4.79 Å². The molecule has 0 aliphatic heterocycles. The predicted molar refractivity (Wildman–Crippen MR) is 53.7 cm³/mol. The van der Waals surface area contributed by atoms with Crippen molar-refractivity contribution >= 4 is 17.2 Å². The van der Waals surface area contributed by atoms with Gasteiger partial charge in [0.2, 0.25) is 5.91 Å². The van der Waals surface area contributed by atoms with Crippen LogP contribution in [0, 0.1) is 0 Å². The van der Waals surface area contributed by atoms with Crippen molar-refractivity contribution in [3.63, 3.8) is 0 Å². The first kappa shape index (κ1) is 10.2. The second-order valence-electron chi connectivity index (χ2n) is 3.23. The Morgan fingerprint density at radius 2 is 2.38 bits per heavy atom. The molecule has 0 radical (unpaired) electrons. The molecule has 0 saturated heterocycles. The maximum Gasteiger partial charge on any atom is 0.217 e. The van der Waals surface area contributed by atoms with Gasteiger partial charge in [-0.05, 0) is 5.92 Å². The van der Waals surface area contributed by atoms with E-state index in [1.807, 2.05) is 5.38 Å². The molecule has 0 aromatic carbocycles. The van der Waals surface area contributed by atoms with Crippen molar-refractivity contribution in [2.75, 3.05) is 0 Å². The minimum Gasteiger partial charge on any atom is -0.350 e. The maximum absolute atomic E-state index is 10.6. The summed E-state index contributed by atoms with van der Waals surface area (Å²) in [4.78, 5) is 15.0. The van der Waals surface area contributed by atoms with Gasteiger partial charge in [-0.25, -0.2) is 4.98 Å². The normalized spacial score (nSPS) is 10.5. The molecule has 0 spiro atoms. The summed E-state index contributed by atoms with van der Waals surface area (Å²) in [5.41, 5.74) is 1.10. The molecule has 72 valence electrons. The molecular formula is C9H14N2OS. The zero-order valence-corrected chi connectivity index (χ0v) is 8.94. The van der Waals surface area contributed by atoms with Crippen LogP contribution in [0.5, 0.6) is 0 Å². The van der Waals surface area contributed by atoms with Gasteiger partial charge in [-0.3, -0.25) is 4.79 Å². The lowest BCUT2D eigenvalue weighted by atomic mass is 10.2. The van der Waals surface area contributed by atoms with E-state index in [-0.39, 0.29) is 5.91 Å². The van der Waals surface area contributed by atoms with Crippen LogP contribution in [0.2, 0.25) is 0 Å². The van der Waals surface area contributed by atoms with Gasteiger partial charge in [-0.1, -0.05) is 13.8 Å². The second kappa shape index (κ2) is 4.37. The number of aromatic nitrogens is 1. The van der Waals surface area contributed by atoms with Crippen LogP contribution >= 0.6 is 11.3 Å². The third-order valence-electron chi connectivity index (χ3n) is 1.65. The summed E-state index contributed by atoms with van der Waals surface area (Å²) >= 11 is 1.59. The molecule has 1 N–H and O–H groups in total. The molecule has 0 unspecified atom stereocenters. The van der Waals surface area contributed by atoms with Crippen molar-refractivity contribution in [3.05, 3.63) is 16.1 Å². The molecule has 13 heavy (non-hydrogen) atoms. The van der Waals surface area contributed by atoms with Crippen molar-refractivity contribution in [1.29, 1.82) is 0 Å². The van der Waals surface area contributed by atoms with Gasteiger partial charge >= 0.3 is 0 Å². The highest BCUT2D eigenvalue weighted by atomic mass is 32.1. The molecule has 1 aromatic rings. The van der Waals surface area contributed by atoms with E-state index in [0.717, 1.165) is 10.7 Å². The molecule has 1 aromatic heterocycles. The van der Waals surface area contributed by atoms with E-state index < -0.39 is 0 Å². The van der Waals surface area contributed by atoms with E-state index in [9.17, 15) is 4.79 Å². The first-order chi connectivity index (χ1) is 6.09. The number of hydrogen-bond acceptors (Lipinski definition) is 3. The molecular weight excluding hydrogens is 184 g/mol. The number of amides is 1. The fourth-order valence-corrected chi connectivity index (χ4v) is 1.77. The number of thiazole rings is 1. The van der Waals surface area contributed by atoms with Crippen LogP contribution in [-0.2, 0) is 11.3 Å². The Labute approximate surface area is 82.2 Å². The summed E-state index contributed by atoms with van der Waals surface area (Å²) in [5.74, 6) is 0.448. The lowest BCUT2D eigenvalue weighted by Crippen LogP contribution is -2.18. The molecule has 0 aliphatic carbocycles. The number of hydrogen-bond donors (Lipinski definition) is 1. The van der Waals surface area contributed by atoms with Crippen LogP contribution in [0.3, 0.4) is 0 Å². The number of rotatable bonds is 3. The van der Waals surface area contributed by atoms with E-state index in [4.69, 9.17) is 0 Å². The molecule has 3 nitrogen and oxygen atoms in total. The quantitative estimate of drug-likeness (QED) is 0.806. The number of carbonyl (C=O) groups excluding carboxylic acids is 1. The summed E-state index contributed by atoms with van der Waals surface area (Å²) in [6, 6.07) is 0. The van der Waals surface area contributed by atoms with Crippen molar-refractivity contribution in [1.82, 2.24) is 10.3 Å². The van der Waals surface area contributed by atoms with Gasteiger partial charge < -0.3 is 5.32 Å². The lowest BCUT2D eigenvalue weighted by molar-refractivity contribution is -0.119. The van der Waals surface area contributed by atoms with Gasteiger partial charge in [0.25, 0.3) is 0 Å². The van der Waals surface area contributed by atoms with Crippen molar-refractivity contribution in [2.24, 2.45) is 0 Å². The largest absolute Gasteiger partial charge is 0.350 e. The molecule has 0 aliphatic rings. The lowest BCUT2D eigenvalue weighted by Gasteiger charge is -1.98. The van der Waals surface area contributed by atoms with Crippen LogP contribution in [0.15, 0.2) is 5.38 Å². The molecule has 4 heteroatoms. The summed E-state index contributed by atoms with van der Waals surface area (Å²) in [7, 11) is 0. The minimum absolute atomic E-state index is 0.0127. The number of carbonyl (C=O) groups is 1. The molecule has 1 heterocycles. The average molecular weight is 198 g/mol. The molecule has 1 amide bonds. The smallest absolute Gasteiger partial charge is 0.217 e. The third-order valence-corrected chi connectivity index (χ3v) is 2.52. The molecule has 1 rings (SSSR count). The average Bonchev–Trinajstić information content (AvgIpc) is 2.48. The summed E-state index contributed by atoms with van der Waals surface area (Å²) in [5, 5.41) is 5.74. The van der Waals surface area contributed by atoms with Crippen LogP contribution in [-0.4, -0.2) is 10.9 Å². The van der Waals surface area contributed by atoms with Gasteiger partial charge in [0.1, 0.15) is 5.01 Å². The Morgan fingerprint density at radius 3 is 2.85 bits per heavy atom. The zero-order valence-electron chi connectivity index (χ0n) is 8.13.